The number of hydrogen-bond donors (Lipinski definition) is 1. The highest BCUT2D eigenvalue weighted by Gasteiger charge is 2.31. The molecule has 12 heavy (non-hydrogen) atoms. The molecule has 0 aromatic heterocycles. The molecule has 0 aliphatic carbocycles. The van der Waals surface area contributed by atoms with Gasteiger partial charge in [-0.3, -0.25) is 0 Å². The van der Waals surface area contributed by atoms with Crippen LogP contribution in [0.3, 0.4) is 0 Å². The predicted octanol–water partition coefficient (Wildman–Crippen LogP) is 1.41. The molecular formula is C10H19NO. The topological polar surface area (TPSA) is 23.5 Å². The monoisotopic (exact) mass is 169 g/mol. The largest absolute Gasteiger partial charge is 0.385 e. The van der Waals surface area contributed by atoms with Crippen LogP contribution >= 0.6 is 0 Å². The molecule has 1 fully saturated rings. The lowest BCUT2D eigenvalue weighted by molar-refractivity contribution is 0.0113. The molecule has 0 unspecified atom stereocenters. The Morgan fingerprint density at radius 1 is 1.50 bits per heavy atom. The van der Waals surface area contributed by atoms with Crippen molar-refractivity contribution < 1.29 is 5.11 Å². The Morgan fingerprint density at radius 3 is 2.33 bits per heavy atom. The molecule has 1 rings (SSSR count). The van der Waals surface area contributed by atoms with E-state index in [1.165, 1.54) is 0 Å². The second-order valence-electron chi connectivity index (χ2n) is 3.75. The van der Waals surface area contributed by atoms with Crippen LogP contribution in [0.15, 0.2) is 12.2 Å². The van der Waals surface area contributed by atoms with Crippen LogP contribution in [0.25, 0.3) is 0 Å². The van der Waals surface area contributed by atoms with Crippen LogP contribution in [0.4, 0.5) is 0 Å². The molecule has 0 spiro atoms. The summed E-state index contributed by atoms with van der Waals surface area (Å²) in [6, 6.07) is 0. The molecular weight excluding hydrogens is 150 g/mol. The van der Waals surface area contributed by atoms with Gasteiger partial charge in [-0.2, -0.15) is 0 Å². The lowest BCUT2D eigenvalue weighted by Crippen LogP contribution is -2.44. The van der Waals surface area contributed by atoms with Crippen molar-refractivity contribution in [1.82, 2.24) is 4.90 Å². The maximum absolute atomic E-state index is 10.0. The smallest absolute Gasteiger partial charge is 0.0875 e. The highest BCUT2D eigenvalue weighted by molar-refractivity contribution is 5.11. The van der Waals surface area contributed by atoms with Crippen LogP contribution in [0.2, 0.25) is 0 Å². The third-order valence-corrected chi connectivity index (χ3v) is 2.92. The Balaban J connectivity index is 2.49. The van der Waals surface area contributed by atoms with Crippen molar-refractivity contribution in [2.24, 2.45) is 0 Å². The van der Waals surface area contributed by atoms with Gasteiger partial charge in [0, 0.05) is 13.1 Å². The van der Waals surface area contributed by atoms with Crippen molar-refractivity contribution in [2.45, 2.75) is 32.3 Å². The molecule has 0 amide bonds. The number of nitrogens with zero attached hydrogens (tertiary/aromatic N) is 1. The summed E-state index contributed by atoms with van der Waals surface area (Å²) in [6.07, 6.45) is 1.69. The first-order valence-corrected chi connectivity index (χ1v) is 4.69. The Bertz CT molecular complexity index is 169. The average molecular weight is 169 g/mol. The molecule has 1 heterocycles. The van der Waals surface area contributed by atoms with Crippen LogP contribution in [0.5, 0.6) is 0 Å². The summed E-state index contributed by atoms with van der Waals surface area (Å²) >= 11 is 0. The summed E-state index contributed by atoms with van der Waals surface area (Å²) < 4.78 is 0. The zero-order valence-electron chi connectivity index (χ0n) is 8.14. The van der Waals surface area contributed by atoms with E-state index in [0.29, 0.717) is 0 Å². The van der Waals surface area contributed by atoms with Gasteiger partial charge in [-0.25, -0.2) is 0 Å². The van der Waals surface area contributed by atoms with E-state index in [-0.39, 0.29) is 0 Å². The fourth-order valence-corrected chi connectivity index (χ4v) is 1.67. The van der Waals surface area contributed by atoms with E-state index in [0.717, 1.165) is 38.0 Å². The molecule has 1 aliphatic rings. The van der Waals surface area contributed by atoms with E-state index in [9.17, 15) is 5.11 Å². The minimum Gasteiger partial charge on any atom is -0.385 e. The summed E-state index contributed by atoms with van der Waals surface area (Å²) in [5, 5.41) is 10.0. The van der Waals surface area contributed by atoms with Gasteiger partial charge in [0.15, 0.2) is 0 Å². The number of aliphatic hydroxyl groups is 1. The quantitative estimate of drug-likeness (QED) is 0.632. The lowest BCUT2D eigenvalue weighted by Gasteiger charge is -2.38. The van der Waals surface area contributed by atoms with Crippen molar-refractivity contribution in [2.75, 3.05) is 19.6 Å². The third kappa shape index (κ3) is 1.87. The van der Waals surface area contributed by atoms with Gasteiger partial charge in [-0.05, 0) is 31.9 Å². The van der Waals surface area contributed by atoms with Gasteiger partial charge in [0.2, 0.25) is 0 Å². The molecule has 0 aromatic rings. The standard InChI is InChI=1S/C10H19NO/c1-4-11-7-5-10(12,6-8-11)9(2)3/h12H,2,4-8H2,1,3H3. The second kappa shape index (κ2) is 3.58. The maximum Gasteiger partial charge on any atom is 0.0875 e. The molecule has 1 N–H and O–H groups in total. The Labute approximate surface area is 74.9 Å². The van der Waals surface area contributed by atoms with E-state index in [1.54, 1.807) is 0 Å². The normalized spacial score (nSPS) is 23.9. The SMILES string of the molecule is C=C(C)C1(O)CCN(CC)CC1. The molecule has 0 radical (unpaired) electrons. The summed E-state index contributed by atoms with van der Waals surface area (Å²) in [4.78, 5) is 2.36. The average Bonchev–Trinajstić information content (AvgIpc) is 2.06. The predicted molar refractivity (Wildman–Crippen MR) is 51.1 cm³/mol. The molecule has 1 saturated heterocycles. The van der Waals surface area contributed by atoms with Gasteiger partial charge in [-0.15, -0.1) is 0 Å². The summed E-state index contributed by atoms with van der Waals surface area (Å²) in [7, 11) is 0. The van der Waals surface area contributed by atoms with Crippen LogP contribution in [-0.4, -0.2) is 35.2 Å². The van der Waals surface area contributed by atoms with Crippen LogP contribution in [0, 0.1) is 0 Å². The summed E-state index contributed by atoms with van der Waals surface area (Å²) in [6.45, 7) is 11.0. The van der Waals surface area contributed by atoms with Gasteiger partial charge in [-0.1, -0.05) is 13.5 Å². The summed E-state index contributed by atoms with van der Waals surface area (Å²) in [5.41, 5.74) is 0.337. The van der Waals surface area contributed by atoms with Gasteiger partial charge in [0.05, 0.1) is 5.60 Å². The zero-order valence-corrected chi connectivity index (χ0v) is 8.14. The van der Waals surface area contributed by atoms with Crippen molar-refractivity contribution in [3.8, 4) is 0 Å². The Kier molecular flexibility index (Phi) is 2.91. The van der Waals surface area contributed by atoms with E-state index >= 15 is 0 Å². The molecule has 0 atom stereocenters. The minimum atomic E-state index is -0.578. The van der Waals surface area contributed by atoms with Crippen LogP contribution in [0.1, 0.15) is 26.7 Å². The third-order valence-electron chi connectivity index (χ3n) is 2.92. The van der Waals surface area contributed by atoms with Crippen LogP contribution < -0.4 is 0 Å². The van der Waals surface area contributed by atoms with E-state index in [1.807, 2.05) is 6.92 Å². The van der Waals surface area contributed by atoms with Crippen molar-refractivity contribution in [3.05, 3.63) is 12.2 Å². The first-order chi connectivity index (χ1) is 5.58. The highest BCUT2D eigenvalue weighted by Crippen LogP contribution is 2.27. The Morgan fingerprint density at radius 2 is 2.00 bits per heavy atom. The number of likely N-dealkylation sites (tertiary alicyclic amines) is 1. The van der Waals surface area contributed by atoms with Crippen LogP contribution in [-0.2, 0) is 0 Å². The molecule has 0 aromatic carbocycles. The van der Waals surface area contributed by atoms with Gasteiger partial charge in [0.1, 0.15) is 0 Å². The first-order valence-electron chi connectivity index (χ1n) is 4.69. The van der Waals surface area contributed by atoms with Crippen molar-refractivity contribution in [3.63, 3.8) is 0 Å². The molecule has 2 nitrogen and oxygen atoms in total. The van der Waals surface area contributed by atoms with E-state index < -0.39 is 5.60 Å². The number of rotatable bonds is 2. The minimum absolute atomic E-state index is 0.578. The van der Waals surface area contributed by atoms with E-state index in [2.05, 4.69) is 18.4 Å². The van der Waals surface area contributed by atoms with Crippen molar-refractivity contribution in [1.29, 1.82) is 0 Å². The number of piperidine rings is 1. The fraction of sp³-hybridized carbons (Fsp3) is 0.800. The molecule has 2 heteroatoms. The second-order valence-corrected chi connectivity index (χ2v) is 3.75. The van der Waals surface area contributed by atoms with Gasteiger partial charge >= 0.3 is 0 Å². The Hall–Kier alpha value is -0.340. The van der Waals surface area contributed by atoms with E-state index in [4.69, 9.17) is 0 Å². The van der Waals surface area contributed by atoms with Crippen molar-refractivity contribution >= 4 is 0 Å². The first kappa shape index (κ1) is 9.75. The molecule has 0 saturated carbocycles. The zero-order chi connectivity index (χ0) is 9.19. The maximum atomic E-state index is 10.0. The highest BCUT2D eigenvalue weighted by atomic mass is 16.3. The molecule has 0 bridgehead atoms. The lowest BCUT2D eigenvalue weighted by atomic mass is 9.86. The molecule has 1 aliphatic heterocycles. The fourth-order valence-electron chi connectivity index (χ4n) is 1.67. The summed E-state index contributed by atoms with van der Waals surface area (Å²) in [5.74, 6) is 0. The molecule has 70 valence electrons. The number of hydrogen-bond acceptors (Lipinski definition) is 2. The van der Waals surface area contributed by atoms with Gasteiger partial charge < -0.3 is 10.0 Å². The van der Waals surface area contributed by atoms with Gasteiger partial charge in [0.25, 0.3) is 0 Å².